The minimum atomic E-state index is -0.975. The first-order valence-corrected chi connectivity index (χ1v) is 18.7. The molecule has 1 rings (SSSR count). The molecule has 0 heterocycles. The molecule has 7 amide bonds. The van der Waals surface area contributed by atoms with Crippen LogP contribution in [0.15, 0.2) is 18.2 Å². The van der Waals surface area contributed by atoms with E-state index in [-0.39, 0.29) is 80.4 Å². The van der Waals surface area contributed by atoms with Crippen LogP contribution in [0, 0.1) is 17.8 Å². The molecule has 1 aromatic rings. The number of ketones is 1. The predicted molar refractivity (Wildman–Crippen MR) is 212 cm³/mol. The van der Waals surface area contributed by atoms with E-state index in [1.54, 1.807) is 54.5 Å². The number of nitrogens with two attached hydrogens (primary N) is 1. The number of carboxylic acid groups (broad SMARTS) is 1. The Kier molecular flexibility index (Phi) is 28.7. The number of ether oxygens (including phenoxy) is 2. The molecule has 19 heteroatoms. The summed E-state index contributed by atoms with van der Waals surface area (Å²) in [6.07, 6.45) is 1.43. The van der Waals surface area contributed by atoms with Gasteiger partial charge in [-0.15, -0.1) is 0 Å². The van der Waals surface area contributed by atoms with E-state index >= 15 is 0 Å². The van der Waals surface area contributed by atoms with Crippen LogP contribution in [0.4, 0.5) is 10.5 Å². The van der Waals surface area contributed by atoms with Crippen molar-refractivity contribution in [3.8, 4) is 0 Å². The maximum atomic E-state index is 12.8. The van der Waals surface area contributed by atoms with Crippen LogP contribution in [0.1, 0.15) is 97.0 Å². The van der Waals surface area contributed by atoms with Crippen LogP contribution >= 0.6 is 0 Å². The molecular formula is C38H63N7O12. The van der Waals surface area contributed by atoms with Gasteiger partial charge in [0.25, 0.3) is 5.91 Å². The second kappa shape index (κ2) is 30.6. The third-order valence-corrected chi connectivity index (χ3v) is 7.30. The highest BCUT2D eigenvalue weighted by Crippen LogP contribution is 2.18. The molecule has 322 valence electrons. The largest absolute Gasteiger partial charge is 0.481 e. The van der Waals surface area contributed by atoms with Gasteiger partial charge in [-0.05, 0) is 24.5 Å². The number of carboxylic acids is 1. The lowest BCUT2D eigenvalue weighted by Crippen LogP contribution is -2.52. The normalized spacial score (nSPS) is 10.7. The summed E-state index contributed by atoms with van der Waals surface area (Å²) < 4.78 is 10.5. The molecule has 1 unspecified atom stereocenters. The first-order valence-electron chi connectivity index (χ1n) is 18.7. The van der Waals surface area contributed by atoms with Crippen LogP contribution in [0.3, 0.4) is 0 Å². The van der Waals surface area contributed by atoms with Crippen LogP contribution in [0.2, 0.25) is 0 Å². The summed E-state index contributed by atoms with van der Waals surface area (Å²) in [6.45, 7) is 14.1. The van der Waals surface area contributed by atoms with Crippen molar-refractivity contribution in [3.05, 3.63) is 29.3 Å². The summed E-state index contributed by atoms with van der Waals surface area (Å²) in [6, 6.07) is 3.11. The van der Waals surface area contributed by atoms with E-state index < -0.39 is 60.1 Å². The van der Waals surface area contributed by atoms with Crippen molar-refractivity contribution in [1.29, 1.82) is 0 Å². The van der Waals surface area contributed by atoms with Gasteiger partial charge in [0.15, 0.2) is 0 Å². The van der Waals surface area contributed by atoms with Gasteiger partial charge < -0.3 is 52.2 Å². The molecule has 0 bridgehead atoms. The molecule has 57 heavy (non-hydrogen) atoms. The Balaban J connectivity index is 0. The van der Waals surface area contributed by atoms with Crippen LogP contribution in [0.5, 0.6) is 0 Å². The second-order valence-electron chi connectivity index (χ2n) is 13.3. The number of nitrogens with one attached hydrogen (secondary N) is 6. The fourth-order valence-electron chi connectivity index (χ4n) is 3.93. The number of primary amides is 1. The Morgan fingerprint density at radius 1 is 0.789 bits per heavy atom. The SMILES string of the molecule is CCC(=O)O.CCCNC(N)=O.CNC(=O)c1cc(NC(=O)CNC(=O)C(NC(=O)CNC(=O)CCOCCC(=O)C(C)C)C(C)C)ccc1COC(=O)C(C)C. The maximum Gasteiger partial charge on any atom is 0.312 e. The van der Waals surface area contributed by atoms with Gasteiger partial charge in [0.05, 0.1) is 32.2 Å². The number of hydrogen-bond acceptors (Lipinski definition) is 11. The number of benzene rings is 1. The van der Waals surface area contributed by atoms with Gasteiger partial charge in [0.2, 0.25) is 23.6 Å². The summed E-state index contributed by atoms with van der Waals surface area (Å²) >= 11 is 0. The van der Waals surface area contributed by atoms with Crippen LogP contribution in [-0.2, 0) is 49.6 Å². The maximum absolute atomic E-state index is 12.8. The lowest BCUT2D eigenvalue weighted by atomic mass is 10.0. The molecule has 0 fully saturated rings. The highest BCUT2D eigenvalue weighted by molar-refractivity contribution is 6.00. The van der Waals surface area contributed by atoms with Crippen LogP contribution in [-0.4, -0.2) is 104 Å². The smallest absolute Gasteiger partial charge is 0.312 e. The first-order chi connectivity index (χ1) is 26.7. The van der Waals surface area contributed by atoms with Gasteiger partial charge in [-0.3, -0.25) is 38.4 Å². The molecular weight excluding hydrogens is 746 g/mol. The molecule has 0 spiro atoms. The average Bonchev–Trinajstić information content (AvgIpc) is 3.16. The number of esters is 1. The highest BCUT2D eigenvalue weighted by Gasteiger charge is 2.25. The zero-order valence-electron chi connectivity index (χ0n) is 34.6. The number of rotatable bonds is 22. The fourth-order valence-corrected chi connectivity index (χ4v) is 3.93. The summed E-state index contributed by atoms with van der Waals surface area (Å²) in [5.74, 6) is -4.46. The first kappa shape index (κ1) is 53.5. The molecule has 0 saturated heterocycles. The van der Waals surface area contributed by atoms with Crippen molar-refractivity contribution in [2.24, 2.45) is 23.5 Å². The van der Waals surface area contributed by atoms with Crippen molar-refractivity contribution >= 4 is 59.0 Å². The summed E-state index contributed by atoms with van der Waals surface area (Å²) in [5.41, 5.74) is 5.66. The minimum absolute atomic E-state index is 0.00524. The van der Waals surface area contributed by atoms with Gasteiger partial charge in [-0.2, -0.15) is 0 Å². The lowest BCUT2D eigenvalue weighted by molar-refractivity contribution is -0.148. The summed E-state index contributed by atoms with van der Waals surface area (Å²) in [5, 5.41) is 22.8. The number of carbonyl (C=O) groups is 9. The number of anilines is 1. The predicted octanol–water partition coefficient (Wildman–Crippen LogP) is 1.62. The molecule has 0 radical (unpaired) electrons. The average molecular weight is 810 g/mol. The van der Waals surface area contributed by atoms with Gasteiger partial charge >= 0.3 is 18.0 Å². The summed E-state index contributed by atoms with van der Waals surface area (Å²) in [7, 11) is 1.45. The van der Waals surface area contributed by atoms with Gasteiger partial charge in [-0.1, -0.05) is 61.5 Å². The van der Waals surface area contributed by atoms with Gasteiger partial charge in [-0.25, -0.2) is 4.79 Å². The number of hydrogen-bond donors (Lipinski definition) is 8. The van der Waals surface area contributed by atoms with Crippen molar-refractivity contribution in [2.45, 2.75) is 93.7 Å². The van der Waals surface area contributed by atoms with Crippen molar-refractivity contribution in [1.82, 2.24) is 26.6 Å². The number of aliphatic carboxylic acids is 1. The van der Waals surface area contributed by atoms with Crippen molar-refractivity contribution in [2.75, 3.05) is 45.2 Å². The highest BCUT2D eigenvalue weighted by atomic mass is 16.5. The van der Waals surface area contributed by atoms with E-state index in [1.807, 2.05) is 6.92 Å². The van der Waals surface area contributed by atoms with E-state index in [0.717, 1.165) is 6.42 Å². The molecule has 0 aliphatic rings. The number of amides is 7. The number of urea groups is 1. The van der Waals surface area contributed by atoms with E-state index in [1.165, 1.54) is 19.2 Å². The fraction of sp³-hybridized carbons (Fsp3) is 0.605. The molecule has 1 aromatic carbocycles. The molecule has 19 nitrogen and oxygen atoms in total. The van der Waals surface area contributed by atoms with Crippen molar-refractivity contribution < 1.29 is 57.7 Å². The third kappa shape index (κ3) is 26.8. The molecule has 9 N–H and O–H groups in total. The van der Waals surface area contributed by atoms with E-state index in [9.17, 15) is 43.2 Å². The molecule has 1 atom stereocenters. The topological polar surface area (TPSA) is 291 Å². The minimum Gasteiger partial charge on any atom is -0.481 e. The Labute approximate surface area is 334 Å². The monoisotopic (exact) mass is 809 g/mol. The molecule has 0 aromatic heterocycles. The number of carbonyl (C=O) groups excluding carboxylic acids is 8. The number of Topliss-reactive ketones (excluding diaryl/α,β-unsaturated/α-hetero) is 1. The Hall–Kier alpha value is -5.59. The zero-order valence-corrected chi connectivity index (χ0v) is 34.6. The Morgan fingerprint density at radius 2 is 1.39 bits per heavy atom. The van der Waals surface area contributed by atoms with Crippen molar-refractivity contribution in [3.63, 3.8) is 0 Å². The van der Waals surface area contributed by atoms with E-state index in [0.29, 0.717) is 12.1 Å². The third-order valence-electron chi connectivity index (χ3n) is 7.30. The standard InChI is InChI=1S/C31H47N5O9.C4H10N2O.C3H6O2/c1-18(2)24(37)10-12-44-13-11-25(38)33-15-27(40)36-28(19(3)4)30(42)34-16-26(39)35-22-9-8-21(17-45-31(43)20(5)6)23(14-22)29(41)32-7;1-2-3-6-4(5)7;1-2-3(4)5/h8-9,14,18-20,28H,10-13,15-17H2,1-7H3,(H,32,41)(H,33,38)(H,34,42)(H,35,39)(H,36,40);2-3H2,1H3,(H3,5,6,7);2H2,1H3,(H,4,5). The van der Waals surface area contributed by atoms with E-state index in [2.05, 4.69) is 31.9 Å². The second-order valence-corrected chi connectivity index (χ2v) is 13.3. The Bertz CT molecular complexity index is 1480. The summed E-state index contributed by atoms with van der Waals surface area (Å²) in [4.78, 5) is 105. The zero-order chi connectivity index (χ0) is 44.1. The van der Waals surface area contributed by atoms with Gasteiger partial charge in [0.1, 0.15) is 18.4 Å². The van der Waals surface area contributed by atoms with Gasteiger partial charge in [0, 0.05) is 55.6 Å². The Morgan fingerprint density at radius 3 is 1.88 bits per heavy atom. The molecule has 0 aliphatic carbocycles. The van der Waals surface area contributed by atoms with Crippen LogP contribution < -0.4 is 37.6 Å². The molecule has 0 saturated carbocycles. The van der Waals surface area contributed by atoms with Crippen LogP contribution in [0.25, 0.3) is 0 Å². The molecule has 0 aliphatic heterocycles. The van der Waals surface area contributed by atoms with E-state index in [4.69, 9.17) is 20.3 Å². The quantitative estimate of drug-likeness (QED) is 0.0613. The lowest BCUT2D eigenvalue weighted by Gasteiger charge is -2.21.